The Morgan fingerprint density at radius 2 is 0.967 bits per heavy atom. The summed E-state index contributed by atoms with van der Waals surface area (Å²) < 4.78 is 34.5. The molecule has 0 rings (SSSR count). The average Bonchev–Trinajstić information content (AvgIpc) is 2.66. The van der Waals surface area contributed by atoms with Crippen molar-refractivity contribution in [3.8, 4) is 0 Å². The smallest absolute Gasteiger partial charge is 0.748 e. The number of aliphatic hydroxyl groups is 1. The van der Waals surface area contributed by atoms with Gasteiger partial charge in [-0.3, -0.25) is 0 Å². The van der Waals surface area contributed by atoms with Gasteiger partial charge in [-0.15, -0.1) is 0 Å². The molecule has 2 atom stereocenters. The van der Waals surface area contributed by atoms with E-state index in [4.69, 9.17) is 0 Å². The van der Waals surface area contributed by atoms with Crippen LogP contribution in [0.1, 0.15) is 142 Å². The van der Waals surface area contributed by atoms with Crippen molar-refractivity contribution in [1.82, 2.24) is 0 Å². The molecule has 0 radical (unpaired) electrons. The zero-order valence-electron chi connectivity index (χ0n) is 20.4. The summed E-state index contributed by atoms with van der Waals surface area (Å²) in [7, 11) is -4.20. The third-order valence-electron chi connectivity index (χ3n) is 5.97. The Bertz CT molecular complexity index is 442. The molecule has 0 aromatic heterocycles. The molecule has 0 bridgehead atoms. The van der Waals surface area contributed by atoms with E-state index in [1.807, 2.05) is 6.92 Å². The van der Waals surface area contributed by atoms with E-state index in [1.165, 1.54) is 64.2 Å². The van der Waals surface area contributed by atoms with Crippen LogP contribution in [0.25, 0.3) is 0 Å². The summed E-state index contributed by atoms with van der Waals surface area (Å²) in [5.41, 5.74) is 0. The third kappa shape index (κ3) is 22.1. The molecule has 1 N–H and O–H groups in total. The maximum absolute atomic E-state index is 11.5. The molecule has 0 aliphatic heterocycles. The molecule has 0 aliphatic carbocycles. The predicted molar refractivity (Wildman–Crippen MR) is 123 cm³/mol. The van der Waals surface area contributed by atoms with E-state index < -0.39 is 15.4 Å². The summed E-state index contributed by atoms with van der Waals surface area (Å²) in [5.74, 6) is 0. The van der Waals surface area contributed by atoms with Crippen molar-refractivity contribution in [2.75, 3.05) is 0 Å². The number of aliphatic hydroxyl groups excluding tert-OH is 1. The number of rotatable bonds is 22. The summed E-state index contributed by atoms with van der Waals surface area (Å²) in [6.07, 6.45) is 21.0. The standard InChI is InChI=1S/C24H50O4S.Na/c1-3-5-6-7-8-9-10-11-12-13-14-15-16-21-24(29(26,27)28)22-18-17-20-23(25)19-4-2;/h23-25H,3-22H2,1-2H3,(H,26,27,28);/q;+1/p-1. The molecule has 0 saturated carbocycles. The number of hydrogen-bond acceptors (Lipinski definition) is 4. The molecule has 0 saturated heterocycles. The average molecular weight is 457 g/mol. The molecule has 30 heavy (non-hydrogen) atoms. The summed E-state index contributed by atoms with van der Waals surface area (Å²) in [5, 5.41) is 8.99. The van der Waals surface area contributed by atoms with Gasteiger partial charge in [0, 0.05) is 5.25 Å². The molecule has 0 fully saturated rings. The Kier molecular flexibility index (Phi) is 25.4. The monoisotopic (exact) mass is 456 g/mol. The van der Waals surface area contributed by atoms with Crippen molar-refractivity contribution in [2.24, 2.45) is 0 Å². The van der Waals surface area contributed by atoms with Gasteiger partial charge >= 0.3 is 29.6 Å². The Balaban J connectivity index is 0. The van der Waals surface area contributed by atoms with Gasteiger partial charge in [0.2, 0.25) is 0 Å². The first-order chi connectivity index (χ1) is 13.9. The van der Waals surface area contributed by atoms with Crippen LogP contribution in [0.4, 0.5) is 0 Å². The van der Waals surface area contributed by atoms with E-state index in [9.17, 15) is 18.1 Å². The van der Waals surface area contributed by atoms with Gasteiger partial charge in [0.1, 0.15) is 0 Å². The van der Waals surface area contributed by atoms with E-state index in [-0.39, 0.29) is 35.7 Å². The fourth-order valence-corrected chi connectivity index (χ4v) is 4.96. The minimum atomic E-state index is -4.20. The normalized spacial score (nSPS) is 13.7. The zero-order valence-corrected chi connectivity index (χ0v) is 23.2. The van der Waals surface area contributed by atoms with Crippen LogP contribution < -0.4 is 29.6 Å². The van der Waals surface area contributed by atoms with Gasteiger partial charge in [-0.1, -0.05) is 117 Å². The van der Waals surface area contributed by atoms with Crippen molar-refractivity contribution in [3.63, 3.8) is 0 Å². The van der Waals surface area contributed by atoms with E-state index in [0.717, 1.165) is 38.5 Å². The molecule has 4 nitrogen and oxygen atoms in total. The number of hydrogen-bond donors (Lipinski definition) is 1. The first kappa shape index (κ1) is 33.0. The van der Waals surface area contributed by atoms with Crippen LogP contribution in [0, 0.1) is 0 Å². The summed E-state index contributed by atoms with van der Waals surface area (Å²) >= 11 is 0. The van der Waals surface area contributed by atoms with Gasteiger partial charge in [0.05, 0.1) is 16.2 Å². The molecule has 2 unspecified atom stereocenters. The molecule has 0 aromatic rings. The van der Waals surface area contributed by atoms with Crippen molar-refractivity contribution in [2.45, 2.75) is 154 Å². The van der Waals surface area contributed by atoms with Crippen LogP contribution in [0.3, 0.4) is 0 Å². The van der Waals surface area contributed by atoms with Gasteiger partial charge in [-0.2, -0.15) is 0 Å². The second-order valence-corrected chi connectivity index (χ2v) is 10.5. The molecule has 0 aromatic carbocycles. The van der Waals surface area contributed by atoms with Crippen molar-refractivity contribution in [1.29, 1.82) is 0 Å². The van der Waals surface area contributed by atoms with Gasteiger partial charge in [0.15, 0.2) is 0 Å². The second-order valence-electron chi connectivity index (χ2n) is 8.87. The fraction of sp³-hybridized carbons (Fsp3) is 1.00. The molecule has 6 heteroatoms. The topological polar surface area (TPSA) is 77.4 Å². The Hall–Kier alpha value is 0.870. The zero-order chi connectivity index (χ0) is 21.8. The SMILES string of the molecule is CCCCCCCCCCCCCCCC(CCCCC(O)CCC)S(=O)(=O)[O-].[Na+]. The largest absolute Gasteiger partial charge is 1.00 e. The Labute approximate surface area is 210 Å². The third-order valence-corrected chi connectivity index (χ3v) is 7.26. The maximum Gasteiger partial charge on any atom is 1.00 e. The summed E-state index contributed by atoms with van der Waals surface area (Å²) in [6.45, 7) is 4.29. The van der Waals surface area contributed by atoms with Crippen molar-refractivity contribution < 1.29 is 47.6 Å². The molecule has 176 valence electrons. The molecule has 0 amide bonds. The summed E-state index contributed by atoms with van der Waals surface area (Å²) in [6, 6.07) is 0. The van der Waals surface area contributed by atoms with Crippen LogP contribution >= 0.6 is 0 Å². The van der Waals surface area contributed by atoms with Crippen LogP contribution in [-0.2, 0) is 10.1 Å². The van der Waals surface area contributed by atoms with Crippen LogP contribution in [0.5, 0.6) is 0 Å². The Morgan fingerprint density at radius 1 is 0.600 bits per heavy atom. The van der Waals surface area contributed by atoms with Gasteiger partial charge in [-0.25, -0.2) is 8.42 Å². The minimum absolute atomic E-state index is 0. The van der Waals surface area contributed by atoms with E-state index >= 15 is 0 Å². The van der Waals surface area contributed by atoms with Crippen LogP contribution in [0.15, 0.2) is 0 Å². The second kappa shape index (κ2) is 23.0. The molecular formula is C24H49NaO4S. The van der Waals surface area contributed by atoms with Crippen LogP contribution in [-0.4, -0.2) is 29.4 Å². The molecule has 0 heterocycles. The van der Waals surface area contributed by atoms with Crippen molar-refractivity contribution >= 4 is 10.1 Å². The van der Waals surface area contributed by atoms with Crippen LogP contribution in [0.2, 0.25) is 0 Å². The fourth-order valence-electron chi connectivity index (χ4n) is 4.05. The molecule has 0 spiro atoms. The Morgan fingerprint density at radius 3 is 1.37 bits per heavy atom. The predicted octanol–water partition coefficient (Wildman–Crippen LogP) is 4.11. The quantitative estimate of drug-likeness (QED) is 0.151. The minimum Gasteiger partial charge on any atom is -0.748 e. The molecule has 0 aliphatic rings. The first-order valence-corrected chi connectivity index (χ1v) is 14.0. The van der Waals surface area contributed by atoms with E-state index in [2.05, 4.69) is 6.92 Å². The van der Waals surface area contributed by atoms with Gasteiger partial charge < -0.3 is 9.66 Å². The maximum atomic E-state index is 11.5. The van der Waals surface area contributed by atoms with E-state index in [0.29, 0.717) is 25.7 Å². The molecular weight excluding hydrogens is 407 g/mol. The van der Waals surface area contributed by atoms with Gasteiger partial charge in [-0.05, 0) is 25.7 Å². The number of unbranched alkanes of at least 4 members (excludes halogenated alkanes) is 13. The summed E-state index contributed by atoms with van der Waals surface area (Å²) in [4.78, 5) is 0. The van der Waals surface area contributed by atoms with Gasteiger partial charge in [0.25, 0.3) is 0 Å². The van der Waals surface area contributed by atoms with E-state index in [1.54, 1.807) is 0 Å². The first-order valence-electron chi connectivity index (χ1n) is 12.5. The van der Waals surface area contributed by atoms with Crippen molar-refractivity contribution in [3.05, 3.63) is 0 Å².